The van der Waals surface area contributed by atoms with Gasteiger partial charge in [0.15, 0.2) is 0 Å². The second kappa shape index (κ2) is 7.09. The first-order valence-corrected chi connectivity index (χ1v) is 7.75. The van der Waals surface area contributed by atoms with Crippen LogP contribution in [0.3, 0.4) is 0 Å². The molecule has 3 nitrogen and oxygen atoms in total. The van der Waals surface area contributed by atoms with Gasteiger partial charge in [0.25, 0.3) is 5.91 Å². The van der Waals surface area contributed by atoms with Gasteiger partial charge in [-0.3, -0.25) is 4.79 Å². The molecular weight excluding hydrogens is 272 g/mol. The summed E-state index contributed by atoms with van der Waals surface area (Å²) in [6.07, 6.45) is 2.30. The van der Waals surface area contributed by atoms with E-state index in [9.17, 15) is 4.79 Å². The van der Waals surface area contributed by atoms with Gasteiger partial charge in [-0.1, -0.05) is 17.7 Å². The Balaban J connectivity index is 2.09. The van der Waals surface area contributed by atoms with Crippen LogP contribution in [-0.4, -0.2) is 37.0 Å². The Morgan fingerprint density at radius 1 is 1.40 bits per heavy atom. The first kappa shape index (κ1) is 15.3. The molecular formula is C16H23ClN2O. The molecule has 0 saturated carbocycles. The van der Waals surface area contributed by atoms with Gasteiger partial charge in [-0.15, -0.1) is 0 Å². The van der Waals surface area contributed by atoms with Crippen molar-refractivity contribution in [3.05, 3.63) is 34.3 Å². The topological polar surface area (TPSA) is 32.3 Å². The van der Waals surface area contributed by atoms with E-state index in [-0.39, 0.29) is 5.91 Å². The van der Waals surface area contributed by atoms with Crippen molar-refractivity contribution in [1.29, 1.82) is 0 Å². The lowest BCUT2D eigenvalue weighted by molar-refractivity contribution is 0.0726. The molecule has 1 amide bonds. The lowest BCUT2D eigenvalue weighted by Gasteiger charge is -2.29. The summed E-state index contributed by atoms with van der Waals surface area (Å²) >= 11 is 6.02. The molecule has 1 heterocycles. The quantitative estimate of drug-likeness (QED) is 0.925. The maximum absolute atomic E-state index is 12.7. The van der Waals surface area contributed by atoms with Gasteiger partial charge in [0.1, 0.15) is 0 Å². The molecule has 4 heteroatoms. The van der Waals surface area contributed by atoms with Crippen molar-refractivity contribution in [1.82, 2.24) is 10.2 Å². The summed E-state index contributed by atoms with van der Waals surface area (Å²) in [4.78, 5) is 14.6. The van der Waals surface area contributed by atoms with E-state index in [1.165, 1.54) is 0 Å². The van der Waals surface area contributed by atoms with E-state index >= 15 is 0 Å². The van der Waals surface area contributed by atoms with Gasteiger partial charge < -0.3 is 10.2 Å². The second-order valence-corrected chi connectivity index (χ2v) is 5.93. The van der Waals surface area contributed by atoms with Crippen LogP contribution in [0.1, 0.15) is 35.7 Å². The number of amides is 1. The fraction of sp³-hybridized carbons (Fsp3) is 0.562. The Hall–Kier alpha value is -1.06. The number of benzene rings is 1. The van der Waals surface area contributed by atoms with Gasteiger partial charge >= 0.3 is 0 Å². The van der Waals surface area contributed by atoms with Crippen molar-refractivity contribution in [2.75, 3.05) is 26.2 Å². The fourth-order valence-corrected chi connectivity index (χ4v) is 2.90. The van der Waals surface area contributed by atoms with E-state index in [1.807, 2.05) is 30.9 Å². The molecule has 1 saturated heterocycles. The Labute approximate surface area is 126 Å². The van der Waals surface area contributed by atoms with E-state index in [2.05, 4.69) is 5.32 Å². The monoisotopic (exact) mass is 294 g/mol. The number of halogens is 1. The van der Waals surface area contributed by atoms with Crippen LogP contribution in [0, 0.1) is 12.8 Å². The molecule has 1 aliphatic rings. The summed E-state index contributed by atoms with van der Waals surface area (Å²) in [5.41, 5.74) is 1.72. The number of hydrogen-bond acceptors (Lipinski definition) is 2. The standard InChI is InChI=1S/C16H23ClN2O/c1-3-19(11-13-6-8-18-9-7-13)16(20)15-10-14(17)5-4-12(15)2/h4-5,10,13,18H,3,6-9,11H2,1-2H3. The van der Waals surface area contributed by atoms with Gasteiger partial charge in [0, 0.05) is 23.7 Å². The second-order valence-electron chi connectivity index (χ2n) is 5.50. The average Bonchev–Trinajstić information content (AvgIpc) is 2.47. The first-order valence-electron chi connectivity index (χ1n) is 7.38. The van der Waals surface area contributed by atoms with Gasteiger partial charge in [-0.25, -0.2) is 0 Å². The van der Waals surface area contributed by atoms with Crippen LogP contribution in [0.5, 0.6) is 0 Å². The highest BCUT2D eigenvalue weighted by molar-refractivity contribution is 6.31. The van der Waals surface area contributed by atoms with Crippen molar-refractivity contribution in [3.8, 4) is 0 Å². The first-order chi connectivity index (χ1) is 9.61. The Bertz CT molecular complexity index is 470. The molecule has 1 aliphatic heterocycles. The molecule has 1 N–H and O–H groups in total. The largest absolute Gasteiger partial charge is 0.339 e. The smallest absolute Gasteiger partial charge is 0.254 e. The van der Waals surface area contributed by atoms with Gasteiger partial charge in [-0.2, -0.15) is 0 Å². The zero-order chi connectivity index (χ0) is 14.5. The molecule has 1 aromatic carbocycles. The molecule has 1 fully saturated rings. The highest BCUT2D eigenvalue weighted by atomic mass is 35.5. The third kappa shape index (κ3) is 3.74. The molecule has 0 unspecified atom stereocenters. The van der Waals surface area contributed by atoms with Crippen LogP contribution in [0.15, 0.2) is 18.2 Å². The number of aryl methyl sites for hydroxylation is 1. The third-order valence-corrected chi connectivity index (χ3v) is 4.27. The van der Waals surface area contributed by atoms with E-state index in [1.54, 1.807) is 6.07 Å². The summed E-state index contributed by atoms with van der Waals surface area (Å²) in [5, 5.41) is 3.98. The van der Waals surface area contributed by atoms with Crippen LogP contribution in [0.25, 0.3) is 0 Å². The maximum Gasteiger partial charge on any atom is 0.254 e. The molecule has 0 spiro atoms. The van der Waals surface area contributed by atoms with E-state index < -0.39 is 0 Å². The van der Waals surface area contributed by atoms with Gasteiger partial charge in [-0.05, 0) is 63.4 Å². The number of rotatable bonds is 4. The highest BCUT2D eigenvalue weighted by Gasteiger charge is 2.21. The molecule has 20 heavy (non-hydrogen) atoms. The Morgan fingerprint density at radius 2 is 2.10 bits per heavy atom. The normalized spacial score (nSPS) is 16.1. The van der Waals surface area contributed by atoms with Gasteiger partial charge in [0.05, 0.1) is 0 Å². The van der Waals surface area contributed by atoms with Crippen molar-refractivity contribution >= 4 is 17.5 Å². The van der Waals surface area contributed by atoms with E-state index in [4.69, 9.17) is 11.6 Å². The predicted octanol–water partition coefficient (Wildman–Crippen LogP) is 3.11. The van der Waals surface area contributed by atoms with Crippen molar-refractivity contribution in [2.45, 2.75) is 26.7 Å². The van der Waals surface area contributed by atoms with Gasteiger partial charge in [0.2, 0.25) is 0 Å². The predicted molar refractivity (Wildman–Crippen MR) is 83.4 cm³/mol. The Kier molecular flexibility index (Phi) is 5.44. The summed E-state index contributed by atoms with van der Waals surface area (Å²) in [7, 11) is 0. The van der Waals surface area contributed by atoms with Crippen LogP contribution in [0.4, 0.5) is 0 Å². The molecule has 0 radical (unpaired) electrons. The van der Waals surface area contributed by atoms with Crippen LogP contribution in [-0.2, 0) is 0 Å². The number of piperidine rings is 1. The maximum atomic E-state index is 12.7. The fourth-order valence-electron chi connectivity index (χ4n) is 2.73. The zero-order valence-corrected chi connectivity index (χ0v) is 13.0. The minimum Gasteiger partial charge on any atom is -0.339 e. The molecule has 1 aromatic rings. The summed E-state index contributed by atoms with van der Waals surface area (Å²) in [6, 6.07) is 5.52. The number of nitrogens with one attached hydrogen (secondary N) is 1. The molecule has 0 aromatic heterocycles. The number of hydrogen-bond donors (Lipinski definition) is 1. The minimum absolute atomic E-state index is 0.103. The van der Waals surface area contributed by atoms with Crippen LogP contribution < -0.4 is 5.32 Å². The molecule has 0 bridgehead atoms. The molecule has 110 valence electrons. The SMILES string of the molecule is CCN(CC1CCNCC1)C(=O)c1cc(Cl)ccc1C. The summed E-state index contributed by atoms with van der Waals surface area (Å²) < 4.78 is 0. The van der Waals surface area contributed by atoms with E-state index in [0.717, 1.165) is 50.1 Å². The summed E-state index contributed by atoms with van der Waals surface area (Å²) in [6.45, 7) is 7.72. The van der Waals surface area contributed by atoms with Crippen LogP contribution >= 0.6 is 11.6 Å². The van der Waals surface area contributed by atoms with E-state index in [0.29, 0.717) is 10.9 Å². The number of nitrogens with zero attached hydrogens (tertiary/aromatic N) is 1. The number of carbonyl (C=O) groups is 1. The molecule has 2 rings (SSSR count). The Morgan fingerprint density at radius 3 is 2.75 bits per heavy atom. The average molecular weight is 295 g/mol. The van der Waals surface area contributed by atoms with Crippen molar-refractivity contribution in [2.24, 2.45) is 5.92 Å². The number of carbonyl (C=O) groups excluding carboxylic acids is 1. The zero-order valence-electron chi connectivity index (χ0n) is 12.3. The summed E-state index contributed by atoms with van der Waals surface area (Å²) in [5.74, 6) is 0.714. The van der Waals surface area contributed by atoms with Crippen molar-refractivity contribution < 1.29 is 4.79 Å². The van der Waals surface area contributed by atoms with Crippen molar-refractivity contribution in [3.63, 3.8) is 0 Å². The lowest BCUT2D eigenvalue weighted by Crippen LogP contribution is -2.39. The van der Waals surface area contributed by atoms with Crippen LogP contribution in [0.2, 0.25) is 5.02 Å². The third-order valence-electron chi connectivity index (χ3n) is 4.04. The molecule has 0 atom stereocenters. The highest BCUT2D eigenvalue weighted by Crippen LogP contribution is 2.19. The molecule has 0 aliphatic carbocycles. The minimum atomic E-state index is 0.103. The lowest BCUT2D eigenvalue weighted by atomic mass is 9.97.